The van der Waals surface area contributed by atoms with Crippen molar-refractivity contribution >= 4 is 32.3 Å². The Balaban J connectivity index is 2.14. The fraction of sp³-hybridized carbons (Fsp3) is 0.286. The van der Waals surface area contributed by atoms with Crippen LogP contribution in [0.15, 0.2) is 36.5 Å². The zero-order valence-corrected chi connectivity index (χ0v) is 12.1. The highest BCUT2D eigenvalue weighted by Gasteiger charge is 2.20. The molecule has 2 aromatic rings. The second-order valence-corrected chi connectivity index (χ2v) is 7.37. The van der Waals surface area contributed by atoms with Crippen LogP contribution in [0.4, 0.5) is 5.69 Å². The molecule has 1 N–H and O–H groups in total. The molecule has 0 aliphatic rings. The van der Waals surface area contributed by atoms with Crippen molar-refractivity contribution in [2.24, 2.45) is 0 Å². The summed E-state index contributed by atoms with van der Waals surface area (Å²) < 4.78 is 23.3. The van der Waals surface area contributed by atoms with Crippen LogP contribution in [0.3, 0.4) is 0 Å². The predicted octanol–water partition coefficient (Wildman–Crippen LogP) is 2.00. The number of hydrogen-bond donors (Lipinski definition) is 1. The number of hydrogen-bond acceptors (Lipinski definition) is 4. The van der Waals surface area contributed by atoms with Crippen LogP contribution in [0.5, 0.6) is 0 Å². The molecule has 1 aromatic heterocycles. The van der Waals surface area contributed by atoms with E-state index in [2.05, 4.69) is 10.3 Å². The van der Waals surface area contributed by atoms with Gasteiger partial charge in [-0.25, -0.2) is 8.42 Å². The number of rotatable bonds is 4. The Kier molecular flexibility index (Phi) is 4.04. The number of aromatic nitrogens is 1. The van der Waals surface area contributed by atoms with Gasteiger partial charge in [0.1, 0.15) is 5.75 Å². The van der Waals surface area contributed by atoms with Gasteiger partial charge < -0.3 is 5.32 Å². The molecule has 106 valence electrons. The van der Waals surface area contributed by atoms with E-state index in [1.165, 1.54) is 0 Å². The van der Waals surface area contributed by atoms with Gasteiger partial charge in [-0.1, -0.05) is 12.1 Å². The Morgan fingerprint density at radius 1 is 1.30 bits per heavy atom. The summed E-state index contributed by atoms with van der Waals surface area (Å²) in [6.07, 6.45) is 1.66. The number of anilines is 1. The first-order chi connectivity index (χ1) is 9.38. The molecule has 0 bridgehead atoms. The van der Waals surface area contributed by atoms with Crippen LogP contribution in [0.25, 0.3) is 10.9 Å². The summed E-state index contributed by atoms with van der Waals surface area (Å²) in [5, 5.41) is 2.98. The highest BCUT2D eigenvalue weighted by Crippen LogP contribution is 2.16. The molecule has 1 heterocycles. The van der Waals surface area contributed by atoms with Gasteiger partial charge in [-0.2, -0.15) is 0 Å². The van der Waals surface area contributed by atoms with Crippen molar-refractivity contribution in [1.82, 2.24) is 4.98 Å². The van der Waals surface area contributed by atoms with E-state index in [9.17, 15) is 13.2 Å². The Bertz CT molecular complexity index is 739. The summed E-state index contributed by atoms with van der Waals surface area (Å²) in [5.41, 5.74) is 1.29. The van der Waals surface area contributed by atoms with Gasteiger partial charge in [-0.15, -0.1) is 0 Å². The second-order valence-electron chi connectivity index (χ2n) is 4.82. The molecular formula is C14H16N2O3S. The zero-order chi connectivity index (χ0) is 14.8. The van der Waals surface area contributed by atoms with Crippen molar-refractivity contribution in [2.75, 3.05) is 11.1 Å². The Labute approximate surface area is 117 Å². The van der Waals surface area contributed by atoms with Gasteiger partial charge in [0.05, 0.1) is 10.8 Å². The number of benzene rings is 1. The third kappa shape index (κ3) is 3.33. The van der Waals surface area contributed by atoms with Crippen LogP contribution < -0.4 is 5.32 Å². The number of carbonyl (C=O) groups excluding carboxylic acids is 1. The molecule has 1 aromatic carbocycles. The first kappa shape index (κ1) is 14.5. The minimum absolute atomic E-state index is 0.509. The largest absolute Gasteiger partial charge is 0.325 e. The molecule has 20 heavy (non-hydrogen) atoms. The van der Waals surface area contributed by atoms with Crippen molar-refractivity contribution in [2.45, 2.75) is 19.1 Å². The molecule has 0 spiro atoms. The third-order valence-electron chi connectivity index (χ3n) is 2.94. The van der Waals surface area contributed by atoms with Crippen LogP contribution in [0.2, 0.25) is 0 Å². The first-order valence-electron chi connectivity index (χ1n) is 6.25. The third-order valence-corrected chi connectivity index (χ3v) is 5.04. The number of carbonyl (C=O) groups is 1. The summed E-state index contributed by atoms with van der Waals surface area (Å²) >= 11 is 0. The van der Waals surface area contributed by atoms with E-state index < -0.39 is 26.7 Å². The van der Waals surface area contributed by atoms with E-state index >= 15 is 0 Å². The molecule has 2 rings (SSSR count). The average molecular weight is 292 g/mol. The topological polar surface area (TPSA) is 76.1 Å². The highest BCUT2D eigenvalue weighted by atomic mass is 32.2. The van der Waals surface area contributed by atoms with Gasteiger partial charge in [-0.3, -0.25) is 9.78 Å². The summed E-state index contributed by atoms with van der Waals surface area (Å²) in [4.78, 5) is 15.9. The Morgan fingerprint density at radius 3 is 2.75 bits per heavy atom. The Morgan fingerprint density at radius 2 is 2.05 bits per heavy atom. The molecule has 0 aliphatic heterocycles. The molecule has 0 saturated carbocycles. The number of pyridine rings is 1. The molecule has 0 atom stereocenters. The van der Waals surface area contributed by atoms with Crippen molar-refractivity contribution in [3.8, 4) is 0 Å². The van der Waals surface area contributed by atoms with Crippen LogP contribution in [0.1, 0.15) is 13.8 Å². The van der Waals surface area contributed by atoms with Crippen molar-refractivity contribution < 1.29 is 13.2 Å². The van der Waals surface area contributed by atoms with E-state index in [0.717, 1.165) is 10.9 Å². The maximum atomic E-state index is 11.8. The van der Waals surface area contributed by atoms with Gasteiger partial charge in [-0.05, 0) is 32.0 Å². The smallest absolute Gasteiger partial charge is 0.239 e. The second kappa shape index (κ2) is 5.58. The summed E-state index contributed by atoms with van der Waals surface area (Å²) in [6, 6.07) is 9.01. The fourth-order valence-corrected chi connectivity index (χ4v) is 2.46. The molecular weight excluding hydrogens is 276 g/mol. The number of amides is 1. The molecule has 0 aliphatic carbocycles. The molecule has 0 saturated heterocycles. The van der Waals surface area contributed by atoms with E-state index in [1.807, 2.05) is 18.2 Å². The van der Waals surface area contributed by atoms with Gasteiger partial charge in [0.2, 0.25) is 5.91 Å². The standard InChI is InChI=1S/C14H16N2O3S/c1-10(2)20(18,19)9-14(17)16-12-6-5-11-4-3-7-15-13(11)8-12/h3-8,10H,9H2,1-2H3,(H,16,17). The maximum absolute atomic E-state index is 11.8. The summed E-state index contributed by atoms with van der Waals surface area (Å²) in [6.45, 7) is 3.12. The van der Waals surface area contributed by atoms with E-state index in [0.29, 0.717) is 5.69 Å². The number of sulfone groups is 1. The van der Waals surface area contributed by atoms with E-state index in [1.54, 1.807) is 32.2 Å². The van der Waals surface area contributed by atoms with Crippen molar-refractivity contribution in [3.05, 3.63) is 36.5 Å². The summed E-state index contributed by atoms with van der Waals surface area (Å²) in [5.74, 6) is -1.04. The quantitative estimate of drug-likeness (QED) is 0.935. The molecule has 0 unspecified atom stereocenters. The number of nitrogens with zero attached hydrogens (tertiary/aromatic N) is 1. The monoisotopic (exact) mass is 292 g/mol. The molecule has 0 fully saturated rings. The van der Waals surface area contributed by atoms with Gasteiger partial charge in [0, 0.05) is 17.3 Å². The number of nitrogens with one attached hydrogen (secondary N) is 1. The molecule has 6 heteroatoms. The lowest BCUT2D eigenvalue weighted by Crippen LogP contribution is -2.27. The zero-order valence-electron chi connectivity index (χ0n) is 11.3. The van der Waals surface area contributed by atoms with Gasteiger partial charge in [0.15, 0.2) is 9.84 Å². The molecule has 0 radical (unpaired) electrons. The van der Waals surface area contributed by atoms with Crippen LogP contribution >= 0.6 is 0 Å². The van der Waals surface area contributed by atoms with Gasteiger partial charge >= 0.3 is 0 Å². The molecule has 5 nitrogen and oxygen atoms in total. The number of fused-ring (bicyclic) bond motifs is 1. The van der Waals surface area contributed by atoms with Crippen LogP contribution in [-0.4, -0.2) is 30.3 Å². The minimum Gasteiger partial charge on any atom is -0.325 e. The lowest BCUT2D eigenvalue weighted by atomic mass is 10.2. The minimum atomic E-state index is -3.39. The lowest BCUT2D eigenvalue weighted by molar-refractivity contribution is -0.113. The van der Waals surface area contributed by atoms with Crippen molar-refractivity contribution in [1.29, 1.82) is 0 Å². The van der Waals surface area contributed by atoms with E-state index in [-0.39, 0.29) is 0 Å². The van der Waals surface area contributed by atoms with Crippen LogP contribution in [0, 0.1) is 0 Å². The average Bonchev–Trinajstić information content (AvgIpc) is 2.37. The lowest BCUT2D eigenvalue weighted by Gasteiger charge is -2.09. The normalized spacial score (nSPS) is 11.8. The van der Waals surface area contributed by atoms with E-state index in [4.69, 9.17) is 0 Å². The highest BCUT2D eigenvalue weighted by molar-refractivity contribution is 7.92. The van der Waals surface area contributed by atoms with Crippen molar-refractivity contribution in [3.63, 3.8) is 0 Å². The molecule has 1 amide bonds. The van der Waals surface area contributed by atoms with Crippen LogP contribution in [-0.2, 0) is 14.6 Å². The fourth-order valence-electron chi connectivity index (χ4n) is 1.69. The maximum Gasteiger partial charge on any atom is 0.239 e. The SMILES string of the molecule is CC(C)S(=O)(=O)CC(=O)Nc1ccc2cccnc2c1. The predicted molar refractivity (Wildman–Crippen MR) is 79.3 cm³/mol. The summed E-state index contributed by atoms with van der Waals surface area (Å²) in [7, 11) is -3.39. The first-order valence-corrected chi connectivity index (χ1v) is 7.96. The Hall–Kier alpha value is -1.95. The van der Waals surface area contributed by atoms with Gasteiger partial charge in [0.25, 0.3) is 0 Å².